The van der Waals surface area contributed by atoms with Crippen LogP contribution in [0.4, 0.5) is 0 Å². The molecule has 0 nitrogen and oxygen atoms in total. The van der Waals surface area contributed by atoms with Gasteiger partial charge in [0.05, 0.1) is 0 Å². The van der Waals surface area contributed by atoms with Crippen LogP contribution in [0.2, 0.25) is 0 Å². The summed E-state index contributed by atoms with van der Waals surface area (Å²) in [5.74, 6) is 0. The molecule has 0 rings (SSSR count). The van der Waals surface area contributed by atoms with Crippen LogP contribution in [-0.4, -0.2) is 0 Å². The van der Waals surface area contributed by atoms with E-state index in [4.69, 9.17) is 0 Å². The highest BCUT2D eigenvalue weighted by atomic mass is 13.8. The molecule has 0 heteroatoms. The molecule has 0 heterocycles. The lowest BCUT2D eigenvalue weighted by atomic mass is 10.2. The lowest BCUT2D eigenvalue weighted by molar-refractivity contribution is 0.814. The average molecular weight is 98.2 g/mol. The molecule has 0 atom stereocenters. The van der Waals surface area contributed by atoms with E-state index in [1.54, 1.807) is 0 Å². The summed E-state index contributed by atoms with van der Waals surface area (Å²) in [6.07, 6.45) is 8.22. The molecule has 0 aliphatic heterocycles. The minimum atomic E-state index is 1.26. The zero-order chi connectivity index (χ0) is 5.54. The second-order valence-electron chi connectivity index (χ2n) is 1.71. The molecular weight excluding hydrogens is 84.1 g/mol. The summed E-state index contributed by atoms with van der Waals surface area (Å²) in [5.41, 5.74) is 0. The first kappa shape index (κ1) is 6.74. The summed E-state index contributed by atoms with van der Waals surface area (Å²) in [4.78, 5) is 0. The molecule has 7 heavy (non-hydrogen) atoms. The van der Waals surface area contributed by atoms with Gasteiger partial charge in [0.25, 0.3) is 0 Å². The maximum Gasteiger partial charge on any atom is -0.0351 e. The molecule has 0 saturated carbocycles. The van der Waals surface area contributed by atoms with Gasteiger partial charge in [-0.3, -0.25) is 0 Å². The van der Waals surface area contributed by atoms with Gasteiger partial charge in [-0.05, 0) is 13.3 Å². The SMILES string of the molecule is C/C=C/CCCC. The Morgan fingerprint density at radius 1 is 1.43 bits per heavy atom. The Hall–Kier alpha value is -0.260. The molecule has 0 spiro atoms. The highest BCUT2D eigenvalue weighted by Crippen LogP contribution is 1.93. The van der Waals surface area contributed by atoms with Crippen molar-refractivity contribution in [2.75, 3.05) is 0 Å². The molecule has 0 aliphatic rings. The van der Waals surface area contributed by atoms with E-state index in [1.165, 1.54) is 19.3 Å². The predicted octanol–water partition coefficient (Wildman–Crippen LogP) is 2.75. The van der Waals surface area contributed by atoms with Crippen molar-refractivity contribution in [1.82, 2.24) is 0 Å². The molecule has 0 aromatic carbocycles. The summed E-state index contributed by atoms with van der Waals surface area (Å²) >= 11 is 0. The fourth-order valence-corrected chi connectivity index (χ4v) is 0.489. The van der Waals surface area contributed by atoms with Gasteiger partial charge in [0.2, 0.25) is 0 Å². The summed E-state index contributed by atoms with van der Waals surface area (Å²) in [5, 5.41) is 0. The Bertz CT molecular complexity index is 44.0. The third-order valence-corrected chi connectivity index (χ3v) is 0.960. The van der Waals surface area contributed by atoms with Crippen molar-refractivity contribution >= 4 is 0 Å². The van der Waals surface area contributed by atoms with Crippen molar-refractivity contribution < 1.29 is 0 Å². The summed E-state index contributed by atoms with van der Waals surface area (Å²) < 4.78 is 0. The molecule has 0 fully saturated rings. The zero-order valence-corrected chi connectivity index (χ0v) is 5.28. The Labute approximate surface area is 46.2 Å². The molecule has 0 aromatic rings. The lowest BCUT2D eigenvalue weighted by Crippen LogP contribution is -1.63. The van der Waals surface area contributed by atoms with E-state index in [1.807, 2.05) is 0 Å². The molecule has 0 radical (unpaired) electrons. The highest BCUT2D eigenvalue weighted by Gasteiger charge is 1.73. The Morgan fingerprint density at radius 3 is 2.57 bits per heavy atom. The zero-order valence-electron chi connectivity index (χ0n) is 5.28. The first-order valence-electron chi connectivity index (χ1n) is 3.03. The monoisotopic (exact) mass is 98.1 g/mol. The Balaban J connectivity index is 2.69. The third-order valence-electron chi connectivity index (χ3n) is 0.960. The highest BCUT2D eigenvalue weighted by molar-refractivity contribution is 4.75. The first-order valence-corrected chi connectivity index (χ1v) is 3.03. The molecular formula is C7H14. The number of allylic oxidation sites excluding steroid dienone is 2. The van der Waals surface area contributed by atoms with Crippen molar-refractivity contribution in [2.24, 2.45) is 0 Å². The fraction of sp³-hybridized carbons (Fsp3) is 0.714. The second kappa shape index (κ2) is 5.74. The van der Waals surface area contributed by atoms with Gasteiger partial charge in [-0.2, -0.15) is 0 Å². The molecule has 0 N–H and O–H groups in total. The van der Waals surface area contributed by atoms with Gasteiger partial charge in [-0.25, -0.2) is 0 Å². The maximum atomic E-state index is 2.21. The van der Waals surface area contributed by atoms with Crippen molar-refractivity contribution in [3.8, 4) is 0 Å². The average Bonchev–Trinajstić information content (AvgIpc) is 1.69. The lowest BCUT2D eigenvalue weighted by Gasteiger charge is -1.83. The van der Waals surface area contributed by atoms with E-state index in [0.717, 1.165) is 0 Å². The van der Waals surface area contributed by atoms with Gasteiger partial charge in [-0.15, -0.1) is 0 Å². The van der Waals surface area contributed by atoms with Crippen molar-refractivity contribution in [3.05, 3.63) is 12.2 Å². The quantitative estimate of drug-likeness (QED) is 0.376. The van der Waals surface area contributed by atoms with E-state index >= 15 is 0 Å². The van der Waals surface area contributed by atoms with Gasteiger partial charge < -0.3 is 0 Å². The van der Waals surface area contributed by atoms with Gasteiger partial charge in [0.15, 0.2) is 0 Å². The van der Waals surface area contributed by atoms with Crippen LogP contribution in [0.15, 0.2) is 12.2 Å². The van der Waals surface area contributed by atoms with Gasteiger partial charge in [-0.1, -0.05) is 31.9 Å². The van der Waals surface area contributed by atoms with Crippen LogP contribution in [0.3, 0.4) is 0 Å². The second-order valence-corrected chi connectivity index (χ2v) is 1.71. The molecule has 0 bridgehead atoms. The normalized spacial score (nSPS) is 10.6. The number of hydrogen-bond acceptors (Lipinski definition) is 0. The summed E-state index contributed by atoms with van der Waals surface area (Å²) in [6, 6.07) is 0. The largest absolute Gasteiger partial charge is 0.0917 e. The third kappa shape index (κ3) is 5.74. The minimum absolute atomic E-state index is 1.26. The van der Waals surface area contributed by atoms with E-state index in [9.17, 15) is 0 Å². The topological polar surface area (TPSA) is 0 Å². The van der Waals surface area contributed by atoms with E-state index < -0.39 is 0 Å². The van der Waals surface area contributed by atoms with Crippen molar-refractivity contribution in [3.63, 3.8) is 0 Å². The smallest absolute Gasteiger partial charge is 0.0351 e. The maximum absolute atomic E-state index is 2.21. The van der Waals surface area contributed by atoms with E-state index in [0.29, 0.717) is 0 Å². The number of hydrogen-bond donors (Lipinski definition) is 0. The van der Waals surface area contributed by atoms with Crippen LogP contribution in [0.5, 0.6) is 0 Å². The van der Waals surface area contributed by atoms with Crippen LogP contribution >= 0.6 is 0 Å². The molecule has 0 amide bonds. The van der Waals surface area contributed by atoms with Gasteiger partial charge in [0.1, 0.15) is 0 Å². The summed E-state index contributed by atoms with van der Waals surface area (Å²) in [7, 11) is 0. The molecule has 42 valence electrons. The van der Waals surface area contributed by atoms with Gasteiger partial charge >= 0.3 is 0 Å². The Morgan fingerprint density at radius 2 is 2.14 bits per heavy atom. The van der Waals surface area contributed by atoms with Crippen LogP contribution in [0, 0.1) is 0 Å². The minimum Gasteiger partial charge on any atom is -0.0917 e. The van der Waals surface area contributed by atoms with Crippen molar-refractivity contribution in [1.29, 1.82) is 0 Å². The van der Waals surface area contributed by atoms with Crippen LogP contribution in [0.25, 0.3) is 0 Å². The molecule has 0 aliphatic carbocycles. The van der Waals surface area contributed by atoms with E-state index in [2.05, 4.69) is 26.0 Å². The standard InChI is InChI=1S/C7H14/c1-3-5-7-6-4-2/h3,5H,4,6-7H2,1-2H3/b5-3+. The molecule has 0 saturated heterocycles. The van der Waals surface area contributed by atoms with Crippen LogP contribution in [0.1, 0.15) is 33.1 Å². The molecule has 0 aromatic heterocycles. The summed E-state index contributed by atoms with van der Waals surface area (Å²) in [6.45, 7) is 4.28. The number of rotatable bonds is 3. The van der Waals surface area contributed by atoms with E-state index in [-0.39, 0.29) is 0 Å². The van der Waals surface area contributed by atoms with Crippen LogP contribution < -0.4 is 0 Å². The van der Waals surface area contributed by atoms with Gasteiger partial charge in [0, 0.05) is 0 Å². The fourth-order valence-electron chi connectivity index (χ4n) is 0.489. The van der Waals surface area contributed by atoms with Crippen LogP contribution in [-0.2, 0) is 0 Å². The Kier molecular flexibility index (Phi) is 5.53. The van der Waals surface area contributed by atoms with Crippen molar-refractivity contribution in [2.45, 2.75) is 33.1 Å². The number of unbranched alkanes of at least 4 members (excludes halogenated alkanes) is 2. The molecule has 0 unspecified atom stereocenters. The predicted molar refractivity (Wildman–Crippen MR) is 34.3 cm³/mol. The first-order chi connectivity index (χ1) is 3.41.